The standard InChI is InChI=1S/C17H14Cl2N6O.C17H14Cl2N6.C16H12Cl2N6/c1-24-15(16(26)17-20-22-23-25(17)2)12-5-3-4-11(14(12)21-24)10-7-6-9(18)8-13(10)19;1-24-15(9-16-20-23-25(2)21-16)13-5-3-4-12(17(13)22-24)11-7-6-10(18)8-14(11)19;1-24-14(8-15-19-22-23-20-15)12-4-2-3-11(16(12)21-24)10-6-5-9(17)7-13(10)18/h3-8,16,26H,1-2H3;3-8H,9H2,1-2H3;2-7H,8H2,1H3,(H,19,20,22,23). The number of aliphatic hydroxyl groups excluding tert-OH is 1. The number of nitrogens with one attached hydrogen (secondary N) is 1. The molecule has 6 heterocycles. The van der Waals surface area contributed by atoms with Gasteiger partial charge in [0.1, 0.15) is 16.6 Å². The summed E-state index contributed by atoms with van der Waals surface area (Å²) in [6.45, 7) is 0. The van der Waals surface area contributed by atoms with Gasteiger partial charge in [-0.15, -0.1) is 25.5 Å². The Kier molecular flexibility index (Phi) is 14.6. The number of hydrogen-bond donors (Lipinski definition) is 2. The predicted molar refractivity (Wildman–Crippen MR) is 290 cm³/mol. The third kappa shape index (κ3) is 10.4. The molecule has 12 rings (SSSR count). The maximum atomic E-state index is 10.8. The van der Waals surface area contributed by atoms with Crippen LogP contribution in [-0.4, -0.2) is 95.5 Å². The Bertz CT molecular complexity index is 4050. The third-order valence-corrected chi connectivity index (χ3v) is 13.9. The second-order valence-corrected chi connectivity index (χ2v) is 19.6. The van der Waals surface area contributed by atoms with Crippen LogP contribution in [0.4, 0.5) is 0 Å². The van der Waals surface area contributed by atoms with Crippen molar-refractivity contribution in [1.82, 2.24) is 90.4 Å². The van der Waals surface area contributed by atoms with E-state index < -0.39 is 6.10 Å². The fraction of sp³-hybridized carbons (Fsp3) is 0.160. The number of fused-ring (bicyclic) bond motifs is 3. The fourth-order valence-electron chi connectivity index (χ4n) is 8.83. The third-order valence-electron chi connectivity index (χ3n) is 12.3. The topological polar surface area (TPSA) is 215 Å². The van der Waals surface area contributed by atoms with E-state index in [1.54, 1.807) is 50.1 Å². The average Bonchev–Trinajstić information content (AvgIpc) is 4.26. The zero-order valence-corrected chi connectivity index (χ0v) is 44.7. The molecular weight excluding hydrogens is 1080 g/mol. The lowest BCUT2D eigenvalue weighted by molar-refractivity contribution is 0.196. The molecule has 25 heteroatoms. The Labute approximate surface area is 456 Å². The molecule has 0 fully saturated rings. The SMILES string of the molecule is Cn1nc2c(-c3ccc(Cl)cc3Cl)cccc2c1Cc1nn[nH]n1.Cn1nnc(Cc2c3cccc(-c4ccc(Cl)cc4Cl)c3nn2C)n1.Cn1nnnc1C(O)c1c2cccc(-c3ccc(Cl)cc3Cl)c2nn1C. The van der Waals surface area contributed by atoms with Gasteiger partial charge in [-0.2, -0.15) is 25.3 Å². The Morgan fingerprint density at radius 3 is 1.37 bits per heavy atom. The summed E-state index contributed by atoms with van der Waals surface area (Å²) in [4.78, 5) is 1.45. The number of nitrogens with zero attached hydrogens (tertiary/aromatic N) is 17. The van der Waals surface area contributed by atoms with Crippen LogP contribution in [0, 0.1) is 0 Å². The lowest BCUT2D eigenvalue weighted by Gasteiger charge is -2.10. The number of aliphatic hydroxyl groups is 1. The van der Waals surface area contributed by atoms with E-state index in [4.69, 9.17) is 74.7 Å². The maximum Gasteiger partial charge on any atom is 0.185 e. The van der Waals surface area contributed by atoms with Crippen LogP contribution in [0.2, 0.25) is 30.1 Å². The maximum absolute atomic E-state index is 10.8. The van der Waals surface area contributed by atoms with Crippen molar-refractivity contribution in [2.45, 2.75) is 18.9 Å². The van der Waals surface area contributed by atoms with Crippen LogP contribution in [0.3, 0.4) is 0 Å². The molecule has 0 saturated carbocycles. The highest BCUT2D eigenvalue weighted by Gasteiger charge is 2.25. The largest absolute Gasteiger partial charge is 0.379 e. The van der Waals surface area contributed by atoms with Crippen LogP contribution in [0.1, 0.15) is 40.7 Å². The Morgan fingerprint density at radius 1 is 0.480 bits per heavy atom. The molecule has 6 aromatic carbocycles. The van der Waals surface area contributed by atoms with E-state index in [0.29, 0.717) is 66.1 Å². The molecule has 1 atom stereocenters. The summed E-state index contributed by atoms with van der Waals surface area (Å²) in [6.07, 6.45) is 0.0842. The van der Waals surface area contributed by atoms with Gasteiger partial charge in [-0.3, -0.25) is 14.0 Å². The highest BCUT2D eigenvalue weighted by molar-refractivity contribution is 6.38. The molecule has 378 valence electrons. The monoisotopic (exact) mass is 1120 g/mol. The van der Waals surface area contributed by atoms with Gasteiger partial charge in [-0.25, -0.2) is 4.68 Å². The molecule has 0 radical (unpaired) electrons. The molecule has 0 aliphatic rings. The minimum Gasteiger partial charge on any atom is -0.379 e. The lowest BCUT2D eigenvalue weighted by Crippen LogP contribution is -2.12. The van der Waals surface area contributed by atoms with Crippen molar-refractivity contribution in [2.24, 2.45) is 35.2 Å². The molecule has 0 saturated heterocycles. The van der Waals surface area contributed by atoms with E-state index in [2.05, 4.69) is 61.8 Å². The summed E-state index contributed by atoms with van der Waals surface area (Å²) in [5.41, 5.74) is 10.5. The minimum atomic E-state index is -1.01. The van der Waals surface area contributed by atoms with Gasteiger partial charge in [-0.1, -0.05) is 148 Å². The second-order valence-electron chi connectivity index (χ2n) is 17.1. The van der Waals surface area contributed by atoms with Gasteiger partial charge < -0.3 is 5.11 Å². The van der Waals surface area contributed by atoms with Gasteiger partial charge in [0.05, 0.1) is 37.0 Å². The van der Waals surface area contributed by atoms with Crippen molar-refractivity contribution in [3.63, 3.8) is 0 Å². The van der Waals surface area contributed by atoms with E-state index in [-0.39, 0.29) is 0 Å². The summed E-state index contributed by atoms with van der Waals surface area (Å²) in [5.74, 6) is 1.61. The predicted octanol–water partition coefficient (Wildman–Crippen LogP) is 10.5. The van der Waals surface area contributed by atoms with Crippen molar-refractivity contribution in [3.8, 4) is 33.4 Å². The number of benzene rings is 6. The number of aromatic amines is 1. The van der Waals surface area contributed by atoms with Gasteiger partial charge in [0, 0.05) is 108 Å². The van der Waals surface area contributed by atoms with Crippen LogP contribution >= 0.6 is 69.6 Å². The number of H-pyrrole nitrogens is 1. The highest BCUT2D eigenvalue weighted by atomic mass is 35.5. The zero-order valence-electron chi connectivity index (χ0n) is 40.2. The normalized spacial score (nSPS) is 11.8. The van der Waals surface area contributed by atoms with Crippen LogP contribution in [0.15, 0.2) is 109 Å². The highest BCUT2D eigenvalue weighted by Crippen LogP contribution is 2.39. The number of halogens is 6. The smallest absolute Gasteiger partial charge is 0.185 e. The van der Waals surface area contributed by atoms with E-state index in [9.17, 15) is 5.11 Å². The van der Waals surface area contributed by atoms with Gasteiger partial charge in [0.2, 0.25) is 0 Å². The lowest BCUT2D eigenvalue weighted by atomic mass is 10.0. The van der Waals surface area contributed by atoms with Gasteiger partial charge in [-0.05, 0) is 52.0 Å². The number of hydrogen-bond acceptors (Lipinski definition) is 13. The summed E-state index contributed by atoms with van der Waals surface area (Å²) in [7, 11) is 9.02. The van der Waals surface area contributed by atoms with E-state index in [0.717, 1.165) is 77.5 Å². The van der Waals surface area contributed by atoms with Crippen molar-refractivity contribution in [1.29, 1.82) is 0 Å². The van der Waals surface area contributed by atoms with E-state index >= 15 is 0 Å². The summed E-state index contributed by atoms with van der Waals surface area (Å²) >= 11 is 37.2. The molecule has 6 aromatic heterocycles. The summed E-state index contributed by atoms with van der Waals surface area (Å²) in [5, 5.41) is 68.8. The van der Waals surface area contributed by atoms with Crippen LogP contribution in [0.25, 0.3) is 66.1 Å². The van der Waals surface area contributed by atoms with Crippen LogP contribution in [0.5, 0.6) is 0 Å². The van der Waals surface area contributed by atoms with Gasteiger partial charge in [0.15, 0.2) is 23.6 Å². The first kappa shape index (κ1) is 51.1. The zero-order chi connectivity index (χ0) is 52.7. The quantitative estimate of drug-likeness (QED) is 0.138. The molecule has 0 aliphatic heterocycles. The summed E-state index contributed by atoms with van der Waals surface area (Å²) < 4.78 is 6.77. The number of rotatable bonds is 9. The molecule has 0 spiro atoms. The molecule has 19 nitrogen and oxygen atoms in total. The molecule has 12 aromatic rings. The van der Waals surface area contributed by atoms with Crippen LogP contribution in [-0.2, 0) is 48.1 Å². The Balaban J connectivity index is 0.000000128. The van der Waals surface area contributed by atoms with E-state index in [1.807, 2.05) is 108 Å². The minimum absolute atomic E-state index is 0.338. The van der Waals surface area contributed by atoms with E-state index in [1.165, 1.54) is 9.48 Å². The van der Waals surface area contributed by atoms with Crippen molar-refractivity contribution in [3.05, 3.63) is 174 Å². The van der Waals surface area contributed by atoms with Crippen molar-refractivity contribution >= 4 is 102 Å². The molecule has 0 amide bonds. The number of aromatic nitrogens is 18. The molecule has 0 bridgehead atoms. The average molecular weight is 1120 g/mol. The van der Waals surface area contributed by atoms with Crippen LogP contribution < -0.4 is 0 Å². The summed E-state index contributed by atoms with van der Waals surface area (Å²) in [6, 6.07) is 34.1. The molecule has 2 N–H and O–H groups in total. The molecule has 1 unspecified atom stereocenters. The molecule has 75 heavy (non-hydrogen) atoms. The first-order valence-electron chi connectivity index (χ1n) is 22.7. The Hall–Kier alpha value is -7.36. The molecule has 0 aliphatic carbocycles. The first-order valence-corrected chi connectivity index (χ1v) is 25.0. The second kappa shape index (κ2) is 21.5. The number of aryl methyl sites for hydroxylation is 5. The molecular formula is C50H40Cl6N18O. The van der Waals surface area contributed by atoms with Crippen molar-refractivity contribution < 1.29 is 5.11 Å². The van der Waals surface area contributed by atoms with Crippen molar-refractivity contribution in [2.75, 3.05) is 0 Å². The fourth-order valence-corrected chi connectivity index (χ4v) is 10.4. The van der Waals surface area contributed by atoms with Gasteiger partial charge in [0.25, 0.3) is 0 Å². The number of tetrazole rings is 3. The van der Waals surface area contributed by atoms with Gasteiger partial charge >= 0.3 is 0 Å². The first-order chi connectivity index (χ1) is 36.1. The Morgan fingerprint density at radius 2 is 0.947 bits per heavy atom.